The van der Waals surface area contributed by atoms with E-state index in [2.05, 4.69) is 0 Å². The fourth-order valence-corrected chi connectivity index (χ4v) is 3.33. The molecule has 0 aromatic heterocycles. The third-order valence-corrected chi connectivity index (χ3v) is 4.91. The third-order valence-electron chi connectivity index (χ3n) is 4.62. The van der Waals surface area contributed by atoms with Crippen molar-refractivity contribution in [2.45, 2.75) is 26.8 Å². The summed E-state index contributed by atoms with van der Waals surface area (Å²) in [6, 6.07) is 9.26. The van der Waals surface area contributed by atoms with Crippen molar-refractivity contribution in [3.05, 3.63) is 52.6 Å². The van der Waals surface area contributed by atoms with Gasteiger partial charge in [-0.2, -0.15) is 0 Å². The highest BCUT2D eigenvalue weighted by Gasteiger charge is 2.16. The number of hydrogen-bond acceptors (Lipinski definition) is 5. The number of amides is 1. The average Bonchev–Trinajstić information content (AvgIpc) is 3.22. The SMILES string of the molecule is CCCOc1c(Cl)cc(/C=C/C(=O)N(CC)Cc2ccc3c(c2)OCO3)cc1OC. The summed E-state index contributed by atoms with van der Waals surface area (Å²) in [6.45, 7) is 5.79. The van der Waals surface area contributed by atoms with E-state index in [4.69, 9.17) is 30.5 Å². The molecule has 30 heavy (non-hydrogen) atoms. The fraction of sp³-hybridized carbons (Fsp3) is 0.348. The lowest BCUT2D eigenvalue weighted by Crippen LogP contribution is -2.28. The molecule has 1 aliphatic heterocycles. The number of halogens is 1. The minimum atomic E-state index is -0.100. The van der Waals surface area contributed by atoms with Crippen LogP contribution in [0.5, 0.6) is 23.0 Å². The Balaban J connectivity index is 1.71. The van der Waals surface area contributed by atoms with Crippen molar-refractivity contribution in [2.75, 3.05) is 27.1 Å². The quantitative estimate of drug-likeness (QED) is 0.527. The van der Waals surface area contributed by atoms with Gasteiger partial charge in [0.25, 0.3) is 0 Å². The number of carbonyl (C=O) groups is 1. The van der Waals surface area contributed by atoms with Crippen LogP contribution in [-0.4, -0.2) is 37.9 Å². The van der Waals surface area contributed by atoms with Crippen LogP contribution in [0.3, 0.4) is 0 Å². The molecule has 2 aromatic rings. The summed E-state index contributed by atoms with van der Waals surface area (Å²) >= 11 is 6.35. The lowest BCUT2D eigenvalue weighted by Gasteiger charge is -2.19. The Morgan fingerprint density at radius 1 is 1.20 bits per heavy atom. The van der Waals surface area contributed by atoms with Crippen molar-refractivity contribution in [1.82, 2.24) is 4.90 Å². The van der Waals surface area contributed by atoms with Crippen LogP contribution in [0.25, 0.3) is 6.08 Å². The molecule has 0 atom stereocenters. The standard InChI is InChI=1S/C23H26ClNO5/c1-4-10-28-23-18(24)11-16(12-21(23)27-3)7-9-22(26)25(5-2)14-17-6-8-19-20(13-17)30-15-29-19/h6-9,11-13H,4-5,10,14-15H2,1-3H3/b9-7+. The van der Waals surface area contributed by atoms with Crippen molar-refractivity contribution < 1.29 is 23.7 Å². The summed E-state index contributed by atoms with van der Waals surface area (Å²) < 4.78 is 21.8. The van der Waals surface area contributed by atoms with Gasteiger partial charge in [0.2, 0.25) is 12.7 Å². The van der Waals surface area contributed by atoms with Gasteiger partial charge in [0.15, 0.2) is 23.0 Å². The van der Waals surface area contributed by atoms with Gasteiger partial charge in [0.1, 0.15) is 0 Å². The van der Waals surface area contributed by atoms with Gasteiger partial charge in [-0.25, -0.2) is 0 Å². The molecule has 1 amide bonds. The first-order valence-electron chi connectivity index (χ1n) is 9.91. The van der Waals surface area contributed by atoms with E-state index in [1.807, 2.05) is 32.0 Å². The van der Waals surface area contributed by atoms with Crippen LogP contribution in [0, 0.1) is 0 Å². The van der Waals surface area contributed by atoms with Crippen molar-refractivity contribution in [3.8, 4) is 23.0 Å². The second kappa shape index (κ2) is 10.3. The zero-order valence-corrected chi connectivity index (χ0v) is 18.2. The second-order valence-electron chi connectivity index (χ2n) is 6.76. The molecule has 1 heterocycles. The Kier molecular flexibility index (Phi) is 7.46. The summed E-state index contributed by atoms with van der Waals surface area (Å²) in [5.74, 6) is 2.39. The smallest absolute Gasteiger partial charge is 0.246 e. The van der Waals surface area contributed by atoms with E-state index in [9.17, 15) is 4.79 Å². The summed E-state index contributed by atoms with van der Waals surface area (Å²) in [4.78, 5) is 14.5. The van der Waals surface area contributed by atoms with Crippen LogP contribution in [0.1, 0.15) is 31.4 Å². The normalized spacial score (nSPS) is 12.3. The highest BCUT2D eigenvalue weighted by molar-refractivity contribution is 6.32. The maximum absolute atomic E-state index is 12.7. The minimum absolute atomic E-state index is 0.100. The van der Waals surface area contributed by atoms with Gasteiger partial charge in [0.05, 0.1) is 18.7 Å². The molecular formula is C23H26ClNO5. The number of nitrogens with zero attached hydrogens (tertiary/aromatic N) is 1. The Labute approximate surface area is 181 Å². The molecule has 0 radical (unpaired) electrons. The van der Waals surface area contributed by atoms with Gasteiger partial charge in [0, 0.05) is 19.2 Å². The van der Waals surface area contributed by atoms with Crippen LogP contribution in [0.15, 0.2) is 36.4 Å². The molecule has 0 spiro atoms. The molecular weight excluding hydrogens is 406 g/mol. The number of rotatable bonds is 9. The molecule has 160 valence electrons. The Hall–Kier alpha value is -2.86. The first-order valence-corrected chi connectivity index (χ1v) is 10.3. The molecule has 7 heteroatoms. The fourth-order valence-electron chi connectivity index (χ4n) is 3.06. The van der Waals surface area contributed by atoms with Gasteiger partial charge >= 0.3 is 0 Å². The second-order valence-corrected chi connectivity index (χ2v) is 7.16. The van der Waals surface area contributed by atoms with Gasteiger partial charge in [-0.15, -0.1) is 0 Å². The monoisotopic (exact) mass is 431 g/mol. The van der Waals surface area contributed by atoms with Crippen LogP contribution in [0.4, 0.5) is 0 Å². The summed E-state index contributed by atoms with van der Waals surface area (Å²) in [5.41, 5.74) is 1.73. The highest BCUT2D eigenvalue weighted by Crippen LogP contribution is 2.37. The van der Waals surface area contributed by atoms with Gasteiger partial charge in [-0.3, -0.25) is 4.79 Å². The molecule has 0 saturated heterocycles. The molecule has 0 bridgehead atoms. The van der Waals surface area contributed by atoms with Gasteiger partial charge < -0.3 is 23.8 Å². The lowest BCUT2D eigenvalue weighted by molar-refractivity contribution is -0.126. The van der Waals surface area contributed by atoms with E-state index >= 15 is 0 Å². The van der Waals surface area contributed by atoms with Crippen molar-refractivity contribution in [2.24, 2.45) is 0 Å². The predicted molar refractivity (Wildman–Crippen MR) is 116 cm³/mol. The van der Waals surface area contributed by atoms with Crippen LogP contribution in [-0.2, 0) is 11.3 Å². The zero-order chi connectivity index (χ0) is 21.5. The topological polar surface area (TPSA) is 57.2 Å². The molecule has 0 unspecified atom stereocenters. The van der Waals surface area contributed by atoms with Crippen molar-refractivity contribution >= 4 is 23.6 Å². The van der Waals surface area contributed by atoms with Crippen LogP contribution < -0.4 is 18.9 Å². The van der Waals surface area contributed by atoms with Gasteiger partial charge in [-0.1, -0.05) is 24.6 Å². The molecule has 1 aliphatic rings. The molecule has 3 rings (SSSR count). The number of methoxy groups -OCH3 is 1. The maximum Gasteiger partial charge on any atom is 0.246 e. The Morgan fingerprint density at radius 3 is 2.73 bits per heavy atom. The highest BCUT2D eigenvalue weighted by atomic mass is 35.5. The Bertz CT molecular complexity index is 928. The minimum Gasteiger partial charge on any atom is -0.493 e. The molecule has 0 saturated carbocycles. The molecule has 0 fully saturated rings. The number of hydrogen-bond donors (Lipinski definition) is 0. The van der Waals surface area contributed by atoms with E-state index in [1.165, 1.54) is 6.08 Å². The number of carbonyl (C=O) groups excluding carboxylic acids is 1. The van der Waals surface area contributed by atoms with Crippen molar-refractivity contribution in [3.63, 3.8) is 0 Å². The first kappa shape index (κ1) is 21.8. The summed E-state index contributed by atoms with van der Waals surface area (Å²) in [6.07, 6.45) is 4.13. The van der Waals surface area contributed by atoms with E-state index < -0.39 is 0 Å². The molecule has 0 N–H and O–H groups in total. The molecule has 0 aliphatic carbocycles. The van der Waals surface area contributed by atoms with E-state index in [1.54, 1.807) is 30.2 Å². The van der Waals surface area contributed by atoms with Crippen molar-refractivity contribution in [1.29, 1.82) is 0 Å². The maximum atomic E-state index is 12.7. The predicted octanol–water partition coefficient (Wildman–Crippen LogP) is 4.93. The first-order chi connectivity index (χ1) is 14.5. The van der Waals surface area contributed by atoms with Crippen LogP contribution >= 0.6 is 11.6 Å². The third kappa shape index (κ3) is 5.19. The van der Waals surface area contributed by atoms with E-state index in [0.717, 1.165) is 23.3 Å². The number of fused-ring (bicyclic) bond motifs is 1. The number of ether oxygens (including phenoxy) is 4. The number of likely N-dealkylation sites (N-methyl/N-ethyl adjacent to an activating group) is 1. The Morgan fingerprint density at radius 2 is 2.00 bits per heavy atom. The summed E-state index contributed by atoms with van der Waals surface area (Å²) in [7, 11) is 1.56. The van der Waals surface area contributed by atoms with E-state index in [-0.39, 0.29) is 12.7 Å². The number of benzene rings is 2. The van der Waals surface area contributed by atoms with E-state index in [0.29, 0.717) is 42.0 Å². The molecule has 2 aromatic carbocycles. The summed E-state index contributed by atoms with van der Waals surface area (Å²) in [5, 5.41) is 0.447. The largest absolute Gasteiger partial charge is 0.493 e. The van der Waals surface area contributed by atoms with Gasteiger partial charge in [-0.05, 0) is 54.8 Å². The zero-order valence-electron chi connectivity index (χ0n) is 17.4. The molecule has 6 nitrogen and oxygen atoms in total. The average molecular weight is 432 g/mol. The van der Waals surface area contributed by atoms with Crippen LogP contribution in [0.2, 0.25) is 5.02 Å². The lowest BCUT2D eigenvalue weighted by atomic mass is 10.1.